The van der Waals surface area contributed by atoms with Crippen LogP contribution < -0.4 is 11.1 Å². The van der Waals surface area contributed by atoms with Gasteiger partial charge in [0, 0.05) is 26.2 Å². The number of rotatable bonds is 5. The molecule has 1 amide bonds. The van der Waals surface area contributed by atoms with Gasteiger partial charge in [-0.2, -0.15) is 0 Å². The van der Waals surface area contributed by atoms with Crippen LogP contribution in [0.3, 0.4) is 0 Å². The van der Waals surface area contributed by atoms with Crippen molar-refractivity contribution in [3.63, 3.8) is 0 Å². The first kappa shape index (κ1) is 20.5. The lowest BCUT2D eigenvalue weighted by Crippen LogP contribution is -2.37. The summed E-state index contributed by atoms with van der Waals surface area (Å²) < 4.78 is 5.17. The molecule has 24 heavy (non-hydrogen) atoms. The van der Waals surface area contributed by atoms with Crippen molar-refractivity contribution in [1.29, 1.82) is 0 Å². The highest BCUT2D eigenvalue weighted by atomic mass is 35.5. The summed E-state index contributed by atoms with van der Waals surface area (Å²) in [6.07, 6.45) is 2.53. The third kappa shape index (κ3) is 4.98. The number of hydrogen-bond donors (Lipinski definition) is 2. The minimum atomic E-state index is -0.110. The third-order valence-electron chi connectivity index (χ3n) is 4.04. The molecule has 0 unspecified atom stereocenters. The Balaban J connectivity index is 0.00000144. The van der Waals surface area contributed by atoms with Crippen LogP contribution in [0.1, 0.15) is 27.2 Å². The summed E-state index contributed by atoms with van der Waals surface area (Å²) in [6.45, 7) is 3.78. The molecule has 0 radical (unpaired) electrons. The zero-order chi connectivity index (χ0) is 15.4. The van der Waals surface area contributed by atoms with E-state index in [2.05, 4.69) is 34.5 Å². The molecule has 0 saturated heterocycles. The SMILES string of the molecule is Cl.Cl.NCc1cc(C(=O)NCCN2CCc3ccccc3C2)co1. The van der Waals surface area contributed by atoms with Crippen LogP contribution in [0.15, 0.2) is 41.0 Å². The van der Waals surface area contributed by atoms with Gasteiger partial charge in [0.2, 0.25) is 0 Å². The predicted octanol–water partition coefficient (Wildman–Crippen LogP) is 2.37. The maximum Gasteiger partial charge on any atom is 0.254 e. The van der Waals surface area contributed by atoms with Crippen molar-refractivity contribution in [3.05, 3.63) is 59.0 Å². The van der Waals surface area contributed by atoms with Crippen molar-refractivity contribution in [2.75, 3.05) is 19.6 Å². The predicted molar refractivity (Wildman–Crippen MR) is 98.9 cm³/mol. The number of hydrogen-bond acceptors (Lipinski definition) is 4. The summed E-state index contributed by atoms with van der Waals surface area (Å²) in [7, 11) is 0. The lowest BCUT2D eigenvalue weighted by Gasteiger charge is -2.28. The fourth-order valence-corrected chi connectivity index (χ4v) is 2.78. The lowest BCUT2D eigenvalue weighted by atomic mass is 10.00. The molecule has 3 N–H and O–H groups in total. The number of nitrogens with two attached hydrogens (primary N) is 1. The molecule has 0 spiro atoms. The molecule has 0 saturated carbocycles. The quantitative estimate of drug-likeness (QED) is 0.846. The van der Waals surface area contributed by atoms with Crippen molar-refractivity contribution in [3.8, 4) is 0 Å². The number of nitrogens with zero attached hydrogens (tertiary/aromatic N) is 1. The normalized spacial score (nSPS) is 13.4. The molecule has 1 aromatic carbocycles. The van der Waals surface area contributed by atoms with Crippen LogP contribution in [0.2, 0.25) is 0 Å². The van der Waals surface area contributed by atoms with E-state index in [0.717, 1.165) is 26.1 Å². The Bertz CT molecular complexity index is 661. The number of carbonyl (C=O) groups is 1. The Kier molecular flexibility index (Phi) is 8.28. The van der Waals surface area contributed by atoms with E-state index in [1.807, 2.05) is 0 Å². The molecule has 2 heterocycles. The minimum Gasteiger partial charge on any atom is -0.467 e. The van der Waals surface area contributed by atoms with Gasteiger partial charge >= 0.3 is 0 Å². The maximum atomic E-state index is 12.0. The van der Waals surface area contributed by atoms with Gasteiger partial charge in [-0.3, -0.25) is 9.69 Å². The second-order valence-electron chi connectivity index (χ2n) is 5.56. The van der Waals surface area contributed by atoms with E-state index in [-0.39, 0.29) is 30.7 Å². The smallest absolute Gasteiger partial charge is 0.254 e. The van der Waals surface area contributed by atoms with Crippen molar-refractivity contribution >= 4 is 30.7 Å². The second kappa shape index (κ2) is 9.69. The van der Waals surface area contributed by atoms with Crippen LogP contribution in [-0.4, -0.2) is 30.4 Å². The third-order valence-corrected chi connectivity index (χ3v) is 4.04. The van der Waals surface area contributed by atoms with Crippen molar-refractivity contribution < 1.29 is 9.21 Å². The van der Waals surface area contributed by atoms with E-state index in [9.17, 15) is 4.79 Å². The average molecular weight is 372 g/mol. The van der Waals surface area contributed by atoms with Crippen molar-refractivity contribution in [2.24, 2.45) is 5.73 Å². The zero-order valence-corrected chi connectivity index (χ0v) is 15.0. The largest absolute Gasteiger partial charge is 0.467 e. The van der Waals surface area contributed by atoms with Gasteiger partial charge in [-0.25, -0.2) is 0 Å². The topological polar surface area (TPSA) is 71.5 Å². The number of halogens is 2. The van der Waals surface area contributed by atoms with Crippen molar-refractivity contribution in [2.45, 2.75) is 19.5 Å². The van der Waals surface area contributed by atoms with Crippen molar-refractivity contribution in [1.82, 2.24) is 10.2 Å². The van der Waals surface area contributed by atoms with E-state index in [1.165, 1.54) is 17.4 Å². The molecule has 3 rings (SSSR count). The molecular formula is C17H23Cl2N3O2. The monoisotopic (exact) mass is 371 g/mol. The molecule has 0 fully saturated rings. The molecule has 1 aliphatic heterocycles. The van der Waals surface area contributed by atoms with Gasteiger partial charge < -0.3 is 15.5 Å². The second-order valence-corrected chi connectivity index (χ2v) is 5.56. The van der Waals surface area contributed by atoms with Gasteiger partial charge in [0.05, 0.1) is 12.1 Å². The molecule has 7 heteroatoms. The highest BCUT2D eigenvalue weighted by molar-refractivity contribution is 5.93. The number of carbonyl (C=O) groups excluding carboxylic acids is 1. The van der Waals surface area contributed by atoms with Crippen LogP contribution in [0, 0.1) is 0 Å². The summed E-state index contributed by atoms with van der Waals surface area (Å²) in [5, 5.41) is 2.93. The molecule has 5 nitrogen and oxygen atoms in total. The highest BCUT2D eigenvalue weighted by Crippen LogP contribution is 2.17. The van der Waals surface area contributed by atoms with Gasteiger partial charge in [0.15, 0.2) is 0 Å². The summed E-state index contributed by atoms with van der Waals surface area (Å²) in [5.74, 6) is 0.513. The number of furan rings is 1. The maximum absolute atomic E-state index is 12.0. The first-order chi connectivity index (χ1) is 10.8. The summed E-state index contributed by atoms with van der Waals surface area (Å²) in [5.41, 5.74) is 8.83. The molecule has 132 valence electrons. The Morgan fingerprint density at radius 2 is 2.00 bits per heavy atom. The fourth-order valence-electron chi connectivity index (χ4n) is 2.78. The van der Waals surface area contributed by atoms with E-state index >= 15 is 0 Å². The average Bonchev–Trinajstić information content (AvgIpc) is 3.04. The standard InChI is InChI=1S/C17H21N3O2.2ClH/c18-10-16-9-15(12-22-16)17(21)19-6-8-20-7-5-13-3-1-2-4-14(13)11-20;;/h1-4,9,12H,5-8,10-11,18H2,(H,19,21);2*1H. The van der Waals surface area contributed by atoms with E-state index in [4.69, 9.17) is 10.2 Å². The Morgan fingerprint density at radius 1 is 1.25 bits per heavy atom. The summed E-state index contributed by atoms with van der Waals surface area (Å²) in [4.78, 5) is 14.3. The molecular weight excluding hydrogens is 349 g/mol. The van der Waals surface area contributed by atoms with Gasteiger partial charge in [-0.15, -0.1) is 24.8 Å². The number of amides is 1. The Labute approximate surface area is 154 Å². The molecule has 2 aromatic rings. The Hall–Kier alpha value is -1.53. The molecule has 0 atom stereocenters. The number of nitrogens with one attached hydrogen (secondary N) is 1. The van der Waals surface area contributed by atoms with Gasteiger partial charge in [-0.05, 0) is 23.6 Å². The number of fused-ring (bicyclic) bond motifs is 1. The van der Waals surface area contributed by atoms with Crippen LogP contribution in [0.25, 0.3) is 0 Å². The minimum absolute atomic E-state index is 0. The van der Waals surface area contributed by atoms with Crippen LogP contribution in [0.5, 0.6) is 0 Å². The van der Waals surface area contributed by atoms with E-state index in [1.54, 1.807) is 6.07 Å². The summed E-state index contributed by atoms with van der Waals surface area (Å²) >= 11 is 0. The van der Waals surface area contributed by atoms with Crippen LogP contribution in [0.4, 0.5) is 0 Å². The van der Waals surface area contributed by atoms with Crippen LogP contribution in [-0.2, 0) is 19.5 Å². The molecule has 0 aliphatic carbocycles. The molecule has 1 aromatic heterocycles. The highest BCUT2D eigenvalue weighted by Gasteiger charge is 2.15. The lowest BCUT2D eigenvalue weighted by molar-refractivity contribution is 0.0946. The zero-order valence-electron chi connectivity index (χ0n) is 13.4. The first-order valence-electron chi connectivity index (χ1n) is 7.61. The Morgan fingerprint density at radius 3 is 2.71 bits per heavy atom. The van der Waals surface area contributed by atoms with E-state index in [0.29, 0.717) is 24.4 Å². The summed E-state index contributed by atoms with van der Waals surface area (Å²) in [6, 6.07) is 10.2. The van der Waals surface area contributed by atoms with Gasteiger partial charge in [0.25, 0.3) is 5.91 Å². The van der Waals surface area contributed by atoms with Crippen LogP contribution >= 0.6 is 24.8 Å². The first-order valence-corrected chi connectivity index (χ1v) is 7.61. The number of benzene rings is 1. The fraction of sp³-hybridized carbons (Fsp3) is 0.353. The van der Waals surface area contributed by atoms with E-state index < -0.39 is 0 Å². The molecule has 1 aliphatic rings. The van der Waals surface area contributed by atoms with Gasteiger partial charge in [-0.1, -0.05) is 24.3 Å². The van der Waals surface area contributed by atoms with Gasteiger partial charge in [0.1, 0.15) is 12.0 Å². The molecule has 0 bridgehead atoms.